The van der Waals surface area contributed by atoms with Gasteiger partial charge in [0.2, 0.25) is 0 Å². The third-order valence-corrected chi connectivity index (χ3v) is 2.15. The molecule has 1 aromatic rings. The molecule has 4 heteroatoms. The zero-order chi connectivity index (χ0) is 10.7. The van der Waals surface area contributed by atoms with Gasteiger partial charge in [0.1, 0.15) is 5.75 Å². The van der Waals surface area contributed by atoms with E-state index in [4.69, 9.17) is 16.3 Å². The highest BCUT2D eigenvalue weighted by Crippen LogP contribution is 2.26. The minimum Gasteiger partial charge on any atom is -0.496 e. The van der Waals surface area contributed by atoms with E-state index in [9.17, 15) is 9.59 Å². The van der Waals surface area contributed by atoms with Crippen molar-refractivity contribution in [2.24, 2.45) is 0 Å². The Morgan fingerprint density at radius 2 is 2.14 bits per heavy atom. The molecule has 0 saturated carbocycles. The number of carbonyl (C=O) groups excluding carboxylic acids is 2. The third-order valence-electron chi connectivity index (χ3n) is 1.83. The lowest BCUT2D eigenvalue weighted by molar-refractivity contribution is 0.101. The first-order chi connectivity index (χ1) is 6.60. The Hall–Kier alpha value is -1.35. The van der Waals surface area contributed by atoms with E-state index in [-0.39, 0.29) is 16.4 Å². The van der Waals surface area contributed by atoms with Crippen LogP contribution in [0, 0.1) is 0 Å². The summed E-state index contributed by atoms with van der Waals surface area (Å²) in [6.07, 6.45) is 0.605. The zero-order valence-corrected chi connectivity index (χ0v) is 8.59. The fraction of sp³-hybridized carbons (Fsp3) is 0.200. The number of ether oxygens (including phenoxy) is 1. The Balaban J connectivity index is 3.39. The van der Waals surface area contributed by atoms with Crippen LogP contribution in [0.3, 0.4) is 0 Å². The lowest BCUT2D eigenvalue weighted by Gasteiger charge is -2.07. The molecule has 1 rings (SSSR count). The van der Waals surface area contributed by atoms with Gasteiger partial charge in [-0.05, 0) is 13.0 Å². The van der Waals surface area contributed by atoms with E-state index >= 15 is 0 Å². The van der Waals surface area contributed by atoms with E-state index in [2.05, 4.69) is 0 Å². The fourth-order valence-electron chi connectivity index (χ4n) is 1.11. The second-order valence-electron chi connectivity index (χ2n) is 2.75. The van der Waals surface area contributed by atoms with Crippen molar-refractivity contribution in [1.29, 1.82) is 0 Å². The molecule has 0 radical (unpaired) electrons. The number of Topliss-reactive ketones (excluding diaryl/α,β-unsaturated/α-hetero) is 1. The van der Waals surface area contributed by atoms with Gasteiger partial charge in [0.15, 0.2) is 12.1 Å². The molecule has 1 aromatic carbocycles. The molecular weight excluding hydrogens is 204 g/mol. The van der Waals surface area contributed by atoms with Crippen molar-refractivity contribution < 1.29 is 14.3 Å². The van der Waals surface area contributed by atoms with Crippen LogP contribution in [-0.2, 0) is 0 Å². The molecule has 3 nitrogen and oxygen atoms in total. The predicted molar refractivity (Wildman–Crippen MR) is 53.4 cm³/mol. The van der Waals surface area contributed by atoms with Crippen molar-refractivity contribution in [3.05, 3.63) is 28.3 Å². The lowest BCUT2D eigenvalue weighted by Crippen LogP contribution is -1.99. The van der Waals surface area contributed by atoms with Crippen LogP contribution < -0.4 is 4.74 Å². The maximum Gasteiger partial charge on any atom is 0.163 e. The van der Waals surface area contributed by atoms with Gasteiger partial charge in [-0.1, -0.05) is 11.6 Å². The van der Waals surface area contributed by atoms with E-state index in [1.807, 2.05) is 0 Å². The van der Waals surface area contributed by atoms with Gasteiger partial charge in [-0.15, -0.1) is 0 Å². The molecule has 0 amide bonds. The molecule has 0 fully saturated rings. The summed E-state index contributed by atoms with van der Waals surface area (Å²) in [4.78, 5) is 21.7. The maximum atomic E-state index is 11.2. The lowest BCUT2D eigenvalue weighted by atomic mass is 10.1. The Labute approximate surface area is 86.6 Å². The summed E-state index contributed by atoms with van der Waals surface area (Å²) >= 11 is 5.76. The molecule has 0 aliphatic rings. The summed E-state index contributed by atoms with van der Waals surface area (Å²) in [7, 11) is 1.44. The van der Waals surface area contributed by atoms with E-state index in [1.165, 1.54) is 26.2 Å². The van der Waals surface area contributed by atoms with Crippen molar-refractivity contribution in [2.75, 3.05) is 7.11 Å². The number of methoxy groups -OCH3 is 1. The SMILES string of the molecule is COc1cc(Cl)c(C=O)cc1C(C)=O. The van der Waals surface area contributed by atoms with Crippen molar-refractivity contribution >= 4 is 23.7 Å². The number of ketones is 1. The average molecular weight is 213 g/mol. The second kappa shape index (κ2) is 4.24. The van der Waals surface area contributed by atoms with Crippen molar-refractivity contribution in [2.45, 2.75) is 6.92 Å². The fourth-order valence-corrected chi connectivity index (χ4v) is 1.30. The van der Waals surface area contributed by atoms with Gasteiger partial charge in [0.25, 0.3) is 0 Å². The number of halogens is 1. The van der Waals surface area contributed by atoms with E-state index in [0.29, 0.717) is 17.6 Å². The minimum atomic E-state index is -0.165. The van der Waals surface area contributed by atoms with Gasteiger partial charge >= 0.3 is 0 Å². The summed E-state index contributed by atoms with van der Waals surface area (Å²) in [5.74, 6) is 0.217. The molecule has 0 bridgehead atoms. The quantitative estimate of drug-likeness (QED) is 0.571. The van der Waals surface area contributed by atoms with E-state index in [1.54, 1.807) is 0 Å². The van der Waals surface area contributed by atoms with Crippen LogP contribution in [0.4, 0.5) is 0 Å². The molecule has 0 aromatic heterocycles. The number of benzene rings is 1. The van der Waals surface area contributed by atoms with E-state index in [0.717, 1.165) is 0 Å². The summed E-state index contributed by atoms with van der Waals surface area (Å²) in [5, 5.41) is 0.279. The summed E-state index contributed by atoms with van der Waals surface area (Å²) in [6, 6.07) is 2.89. The predicted octanol–water partition coefficient (Wildman–Crippen LogP) is 2.36. The van der Waals surface area contributed by atoms with Crippen LogP contribution >= 0.6 is 11.6 Å². The molecular formula is C10H9ClO3. The van der Waals surface area contributed by atoms with Gasteiger partial charge < -0.3 is 4.74 Å². The summed E-state index contributed by atoms with van der Waals surface area (Å²) in [6.45, 7) is 1.40. The zero-order valence-electron chi connectivity index (χ0n) is 7.83. The molecule has 0 heterocycles. The Morgan fingerprint density at radius 1 is 1.50 bits per heavy atom. The van der Waals surface area contributed by atoms with Crippen LogP contribution in [0.2, 0.25) is 5.02 Å². The van der Waals surface area contributed by atoms with Crippen LogP contribution in [0.25, 0.3) is 0 Å². The van der Waals surface area contributed by atoms with E-state index < -0.39 is 0 Å². The number of hydrogen-bond acceptors (Lipinski definition) is 3. The van der Waals surface area contributed by atoms with Gasteiger partial charge in [-0.25, -0.2) is 0 Å². The largest absolute Gasteiger partial charge is 0.496 e. The van der Waals surface area contributed by atoms with Gasteiger partial charge in [-0.2, -0.15) is 0 Å². The van der Waals surface area contributed by atoms with Crippen LogP contribution in [0.15, 0.2) is 12.1 Å². The molecule has 0 N–H and O–H groups in total. The van der Waals surface area contributed by atoms with Crippen molar-refractivity contribution in [1.82, 2.24) is 0 Å². The first-order valence-electron chi connectivity index (χ1n) is 3.93. The maximum absolute atomic E-state index is 11.2. The van der Waals surface area contributed by atoms with Crippen LogP contribution in [0.1, 0.15) is 27.6 Å². The number of aldehydes is 1. The molecule has 0 spiro atoms. The Bertz CT molecular complexity index is 385. The van der Waals surface area contributed by atoms with Crippen molar-refractivity contribution in [3.8, 4) is 5.75 Å². The number of carbonyl (C=O) groups is 2. The molecule has 0 unspecified atom stereocenters. The molecule has 0 atom stereocenters. The summed E-state index contributed by atoms with van der Waals surface area (Å²) < 4.78 is 4.97. The standard InChI is InChI=1S/C10H9ClO3/c1-6(13)8-3-7(5-12)9(11)4-10(8)14-2/h3-5H,1-2H3. The second-order valence-corrected chi connectivity index (χ2v) is 3.16. The van der Waals surface area contributed by atoms with Crippen molar-refractivity contribution in [3.63, 3.8) is 0 Å². The topological polar surface area (TPSA) is 43.4 Å². The smallest absolute Gasteiger partial charge is 0.163 e. The average Bonchev–Trinajstić information content (AvgIpc) is 2.16. The normalized spacial score (nSPS) is 9.64. The van der Waals surface area contributed by atoms with Gasteiger partial charge in [0, 0.05) is 11.6 Å². The monoisotopic (exact) mass is 212 g/mol. The number of hydrogen-bond donors (Lipinski definition) is 0. The van der Waals surface area contributed by atoms with Gasteiger partial charge in [-0.3, -0.25) is 9.59 Å². The molecule has 0 aliphatic heterocycles. The highest BCUT2D eigenvalue weighted by Gasteiger charge is 2.11. The molecule has 74 valence electrons. The van der Waals surface area contributed by atoms with Crippen LogP contribution in [0.5, 0.6) is 5.75 Å². The highest BCUT2D eigenvalue weighted by atomic mass is 35.5. The molecule has 0 aliphatic carbocycles. The van der Waals surface area contributed by atoms with Gasteiger partial charge in [0.05, 0.1) is 17.7 Å². The third kappa shape index (κ3) is 1.93. The number of rotatable bonds is 3. The molecule has 0 saturated heterocycles. The minimum absolute atomic E-state index is 0.165. The van der Waals surface area contributed by atoms with Crippen LogP contribution in [-0.4, -0.2) is 19.2 Å². The highest BCUT2D eigenvalue weighted by molar-refractivity contribution is 6.33. The summed E-state index contributed by atoms with van der Waals surface area (Å²) in [5.41, 5.74) is 0.650. The first-order valence-corrected chi connectivity index (χ1v) is 4.31. The Kier molecular flexibility index (Phi) is 3.25. The molecule has 14 heavy (non-hydrogen) atoms. The first kappa shape index (κ1) is 10.7. The Morgan fingerprint density at radius 3 is 2.57 bits per heavy atom.